The second kappa shape index (κ2) is 9.17. The van der Waals surface area contributed by atoms with Gasteiger partial charge < -0.3 is 4.74 Å². The van der Waals surface area contributed by atoms with Gasteiger partial charge in [0.25, 0.3) is 0 Å². The van der Waals surface area contributed by atoms with Crippen LogP contribution in [0.1, 0.15) is 17.5 Å². The smallest absolute Gasteiger partial charge is 0.236 e. The molecule has 6 heteroatoms. The van der Waals surface area contributed by atoms with Crippen LogP contribution >= 0.6 is 0 Å². The van der Waals surface area contributed by atoms with Gasteiger partial charge in [0, 0.05) is 31.6 Å². The fraction of sp³-hybridized carbons (Fsp3) is 0.333. The molecule has 1 saturated heterocycles. The largest absolute Gasteiger partial charge is 0.497 e. The Hall–Kier alpha value is -2.15. The number of rotatable bonds is 6. The molecular formula is C21H26N2O3S. The Balaban J connectivity index is 1.59. The van der Waals surface area contributed by atoms with Crippen molar-refractivity contribution >= 4 is 16.1 Å². The zero-order valence-electron chi connectivity index (χ0n) is 15.6. The van der Waals surface area contributed by atoms with Crippen LogP contribution in [0.5, 0.6) is 5.75 Å². The first-order valence-corrected chi connectivity index (χ1v) is 10.7. The molecule has 3 rings (SSSR count). The summed E-state index contributed by atoms with van der Waals surface area (Å²) in [5.41, 5.74) is 2.09. The summed E-state index contributed by atoms with van der Waals surface area (Å²) in [7, 11) is -1.74. The van der Waals surface area contributed by atoms with Gasteiger partial charge in [0.2, 0.25) is 10.0 Å². The molecule has 0 aromatic heterocycles. The Morgan fingerprint density at radius 2 is 1.70 bits per heavy atom. The van der Waals surface area contributed by atoms with Crippen molar-refractivity contribution in [1.29, 1.82) is 0 Å². The highest BCUT2D eigenvalue weighted by Crippen LogP contribution is 2.16. The van der Waals surface area contributed by atoms with Gasteiger partial charge in [-0.05, 0) is 42.3 Å². The van der Waals surface area contributed by atoms with E-state index in [1.807, 2.05) is 42.5 Å². The second-order valence-corrected chi connectivity index (χ2v) is 8.45. The average Bonchev–Trinajstić information content (AvgIpc) is 2.94. The predicted molar refractivity (Wildman–Crippen MR) is 109 cm³/mol. The maximum atomic E-state index is 12.7. The summed E-state index contributed by atoms with van der Waals surface area (Å²) in [6.07, 6.45) is 2.49. The minimum absolute atomic E-state index is 0.512. The van der Waals surface area contributed by atoms with Crippen LogP contribution < -0.4 is 4.74 Å². The van der Waals surface area contributed by atoms with Crippen molar-refractivity contribution in [2.24, 2.45) is 0 Å². The summed E-state index contributed by atoms with van der Waals surface area (Å²) in [4.78, 5) is 2.30. The Bertz CT molecular complexity index is 849. The summed E-state index contributed by atoms with van der Waals surface area (Å²) in [6, 6.07) is 17.5. The van der Waals surface area contributed by atoms with E-state index in [1.54, 1.807) is 17.5 Å². The molecule has 0 atom stereocenters. The lowest BCUT2D eigenvalue weighted by Crippen LogP contribution is -2.33. The molecule has 0 N–H and O–H groups in total. The highest BCUT2D eigenvalue weighted by Gasteiger charge is 2.23. The van der Waals surface area contributed by atoms with Crippen LogP contribution in [0.25, 0.3) is 6.08 Å². The van der Waals surface area contributed by atoms with E-state index in [2.05, 4.69) is 17.0 Å². The van der Waals surface area contributed by atoms with E-state index in [0.717, 1.165) is 37.4 Å². The van der Waals surface area contributed by atoms with Crippen LogP contribution in [0.15, 0.2) is 60.0 Å². The van der Waals surface area contributed by atoms with E-state index in [9.17, 15) is 8.42 Å². The molecule has 0 saturated carbocycles. The van der Waals surface area contributed by atoms with E-state index >= 15 is 0 Å². The zero-order chi connectivity index (χ0) is 19.1. The molecule has 1 aliphatic heterocycles. The second-order valence-electron chi connectivity index (χ2n) is 6.64. The number of nitrogens with zero attached hydrogens (tertiary/aromatic N) is 2. The summed E-state index contributed by atoms with van der Waals surface area (Å²) >= 11 is 0. The topological polar surface area (TPSA) is 49.9 Å². The van der Waals surface area contributed by atoms with Gasteiger partial charge in [-0.25, -0.2) is 8.42 Å². The molecule has 144 valence electrons. The molecule has 0 bridgehead atoms. The van der Waals surface area contributed by atoms with Crippen LogP contribution in [0.3, 0.4) is 0 Å². The third-order valence-corrected chi connectivity index (χ3v) is 6.27. The molecular weight excluding hydrogens is 360 g/mol. The number of sulfonamides is 1. The van der Waals surface area contributed by atoms with E-state index in [-0.39, 0.29) is 0 Å². The number of ether oxygens (including phenoxy) is 1. The van der Waals surface area contributed by atoms with Crippen molar-refractivity contribution in [3.63, 3.8) is 0 Å². The lowest BCUT2D eigenvalue weighted by atomic mass is 10.2. The van der Waals surface area contributed by atoms with Crippen LogP contribution in [0.4, 0.5) is 0 Å². The van der Waals surface area contributed by atoms with E-state index in [0.29, 0.717) is 13.1 Å². The fourth-order valence-electron chi connectivity index (χ4n) is 3.16. The Labute approximate surface area is 161 Å². The number of hydrogen-bond donors (Lipinski definition) is 0. The van der Waals surface area contributed by atoms with Crippen LogP contribution in [-0.2, 0) is 16.6 Å². The quantitative estimate of drug-likeness (QED) is 0.765. The maximum Gasteiger partial charge on any atom is 0.236 e. The Morgan fingerprint density at radius 3 is 2.41 bits per heavy atom. The summed E-state index contributed by atoms with van der Waals surface area (Å²) in [5.74, 6) is 0.845. The van der Waals surface area contributed by atoms with Gasteiger partial charge in [-0.15, -0.1) is 0 Å². The van der Waals surface area contributed by atoms with Gasteiger partial charge in [0.15, 0.2) is 0 Å². The van der Waals surface area contributed by atoms with Gasteiger partial charge in [-0.1, -0.05) is 42.5 Å². The first-order chi connectivity index (χ1) is 13.1. The molecule has 0 amide bonds. The summed E-state index contributed by atoms with van der Waals surface area (Å²) < 4.78 is 32.1. The normalized spacial score (nSPS) is 17.1. The molecule has 1 fully saturated rings. The van der Waals surface area contributed by atoms with E-state index < -0.39 is 10.0 Å². The minimum Gasteiger partial charge on any atom is -0.497 e. The molecule has 1 aliphatic rings. The fourth-order valence-corrected chi connectivity index (χ4v) is 4.38. The van der Waals surface area contributed by atoms with Gasteiger partial charge >= 0.3 is 0 Å². The number of methoxy groups -OCH3 is 1. The predicted octanol–water partition coefficient (Wildman–Crippen LogP) is 3.20. The molecule has 2 aromatic carbocycles. The van der Waals surface area contributed by atoms with Crippen molar-refractivity contribution in [2.45, 2.75) is 13.0 Å². The lowest BCUT2D eigenvalue weighted by molar-refractivity contribution is 0.279. The molecule has 0 radical (unpaired) electrons. The molecule has 5 nitrogen and oxygen atoms in total. The van der Waals surface area contributed by atoms with E-state index in [4.69, 9.17) is 4.74 Å². The first kappa shape index (κ1) is 19.6. The van der Waals surface area contributed by atoms with Crippen molar-refractivity contribution in [3.05, 3.63) is 71.1 Å². The molecule has 0 unspecified atom stereocenters. The maximum absolute atomic E-state index is 12.7. The minimum atomic E-state index is -3.40. The van der Waals surface area contributed by atoms with Crippen molar-refractivity contribution < 1.29 is 13.2 Å². The summed E-state index contributed by atoms with van der Waals surface area (Å²) in [5, 5.41) is 1.32. The highest BCUT2D eigenvalue weighted by molar-refractivity contribution is 7.92. The van der Waals surface area contributed by atoms with Crippen molar-refractivity contribution in [3.8, 4) is 5.75 Å². The standard InChI is InChI=1S/C21H26N2O3S/c1-26-21-10-8-20(9-11-21)18-22-13-5-14-23(16-15-22)27(24,25)17-12-19-6-3-2-4-7-19/h2-4,6-12,17H,5,13-16,18H2,1H3/b17-12+. The van der Waals surface area contributed by atoms with Crippen LogP contribution in [0.2, 0.25) is 0 Å². The SMILES string of the molecule is COc1ccc(CN2CCCN(S(=O)(=O)/C=C/c3ccccc3)CC2)cc1. The van der Waals surface area contributed by atoms with Gasteiger partial charge in [-0.2, -0.15) is 4.31 Å². The highest BCUT2D eigenvalue weighted by atomic mass is 32.2. The van der Waals surface area contributed by atoms with Crippen LogP contribution in [0, 0.1) is 0 Å². The first-order valence-electron chi connectivity index (χ1n) is 9.15. The lowest BCUT2D eigenvalue weighted by Gasteiger charge is -2.21. The third-order valence-electron chi connectivity index (χ3n) is 4.70. The Kier molecular flexibility index (Phi) is 6.66. The number of benzene rings is 2. The monoisotopic (exact) mass is 386 g/mol. The number of hydrogen-bond acceptors (Lipinski definition) is 4. The van der Waals surface area contributed by atoms with Crippen molar-refractivity contribution in [1.82, 2.24) is 9.21 Å². The van der Waals surface area contributed by atoms with Gasteiger partial charge in [0.05, 0.1) is 7.11 Å². The van der Waals surface area contributed by atoms with Crippen LogP contribution in [-0.4, -0.2) is 50.9 Å². The van der Waals surface area contributed by atoms with E-state index in [1.165, 1.54) is 11.0 Å². The molecule has 0 spiro atoms. The Morgan fingerprint density at radius 1 is 0.963 bits per heavy atom. The van der Waals surface area contributed by atoms with Crippen molar-refractivity contribution in [2.75, 3.05) is 33.3 Å². The zero-order valence-corrected chi connectivity index (χ0v) is 16.4. The van der Waals surface area contributed by atoms with Gasteiger partial charge in [-0.3, -0.25) is 4.90 Å². The summed E-state index contributed by atoms with van der Waals surface area (Å²) in [6.45, 7) is 3.50. The molecule has 27 heavy (non-hydrogen) atoms. The molecule has 0 aliphatic carbocycles. The molecule has 1 heterocycles. The third kappa shape index (κ3) is 5.66. The van der Waals surface area contributed by atoms with Gasteiger partial charge in [0.1, 0.15) is 5.75 Å². The molecule has 2 aromatic rings. The average molecular weight is 387 g/mol.